The molecule has 0 amide bonds. The molecule has 2 atom stereocenters. The quantitative estimate of drug-likeness (QED) is 0.146. The van der Waals surface area contributed by atoms with E-state index in [2.05, 4.69) is 115 Å². The second kappa shape index (κ2) is 11.1. The van der Waals surface area contributed by atoms with Crippen LogP contribution in [0.5, 0.6) is 0 Å². The van der Waals surface area contributed by atoms with Gasteiger partial charge in [-0.1, -0.05) is 43.3 Å². The van der Waals surface area contributed by atoms with Crippen LogP contribution >= 0.6 is 22.7 Å². The molecule has 0 saturated carbocycles. The van der Waals surface area contributed by atoms with Crippen molar-refractivity contribution in [2.75, 3.05) is 0 Å². The van der Waals surface area contributed by atoms with Gasteiger partial charge in [-0.15, -0.1) is 22.7 Å². The van der Waals surface area contributed by atoms with Gasteiger partial charge in [-0.25, -0.2) is 0 Å². The van der Waals surface area contributed by atoms with E-state index in [1.54, 1.807) is 6.92 Å². The number of thiophene rings is 2. The summed E-state index contributed by atoms with van der Waals surface area (Å²) in [7, 11) is 0. The van der Waals surface area contributed by atoms with Gasteiger partial charge in [-0.3, -0.25) is 4.79 Å². The summed E-state index contributed by atoms with van der Waals surface area (Å²) in [5.41, 5.74) is 11.3. The number of rotatable bonds is 8. The monoisotopic (exact) mass is 615 g/mol. The second-order valence-electron chi connectivity index (χ2n) is 11.9. The smallest absolute Gasteiger partial charge is 0.161 e. The first-order valence-electron chi connectivity index (χ1n) is 15.3. The molecule has 0 aliphatic heterocycles. The highest BCUT2D eigenvalue weighted by molar-refractivity contribution is 7.19. The molecule has 0 bridgehead atoms. The first-order chi connectivity index (χ1) is 21.2. The lowest BCUT2D eigenvalue weighted by Gasteiger charge is -2.17. The van der Waals surface area contributed by atoms with Gasteiger partial charge in [-0.2, -0.15) is 0 Å². The molecule has 44 heavy (non-hydrogen) atoms. The molecule has 2 aromatic carbocycles. The van der Waals surface area contributed by atoms with E-state index in [0.717, 1.165) is 40.3 Å². The predicted octanol–water partition coefficient (Wildman–Crippen LogP) is 10.5. The Morgan fingerprint density at radius 1 is 0.682 bits per heavy atom. The van der Waals surface area contributed by atoms with Crippen molar-refractivity contribution in [2.24, 2.45) is 0 Å². The van der Waals surface area contributed by atoms with Crippen LogP contribution in [0.3, 0.4) is 0 Å². The highest BCUT2D eigenvalue weighted by Gasteiger charge is 2.30. The van der Waals surface area contributed by atoms with Crippen molar-refractivity contribution in [1.82, 2.24) is 15.0 Å². The largest absolute Gasteiger partial charge is 0.361 e. The number of H-pyrrole nitrogens is 3. The molecular weight excluding hydrogens is 579 g/mol. The lowest BCUT2D eigenvalue weighted by molar-refractivity contribution is 0.101. The van der Waals surface area contributed by atoms with Crippen LogP contribution in [-0.4, -0.2) is 20.7 Å². The van der Waals surface area contributed by atoms with Crippen LogP contribution in [0, 0.1) is 27.7 Å². The van der Waals surface area contributed by atoms with Gasteiger partial charge >= 0.3 is 0 Å². The molecule has 0 aliphatic carbocycles. The van der Waals surface area contributed by atoms with Gasteiger partial charge in [0.2, 0.25) is 0 Å². The zero-order valence-electron chi connectivity index (χ0n) is 26.0. The van der Waals surface area contributed by atoms with E-state index in [1.165, 1.54) is 52.4 Å². The molecule has 0 radical (unpaired) electrons. The van der Waals surface area contributed by atoms with Crippen LogP contribution in [0.2, 0.25) is 0 Å². The molecular formula is C38H37N3OS2. The number of carbonyl (C=O) groups is 1. The fourth-order valence-electron chi connectivity index (χ4n) is 7.18. The molecule has 6 heteroatoms. The average Bonchev–Trinajstić information content (AvgIpc) is 3.81. The summed E-state index contributed by atoms with van der Waals surface area (Å²) in [6, 6.07) is 26.4. The molecule has 5 heterocycles. The van der Waals surface area contributed by atoms with E-state index in [4.69, 9.17) is 0 Å². The highest BCUT2D eigenvalue weighted by Crippen LogP contribution is 2.44. The van der Waals surface area contributed by atoms with E-state index in [1.807, 2.05) is 29.6 Å². The third-order valence-electron chi connectivity index (χ3n) is 9.20. The Labute approximate surface area is 266 Å². The highest BCUT2D eigenvalue weighted by atomic mass is 32.1. The van der Waals surface area contributed by atoms with E-state index in [-0.39, 0.29) is 17.6 Å². The van der Waals surface area contributed by atoms with Gasteiger partial charge in [0, 0.05) is 58.9 Å². The Hall–Kier alpha value is -4.13. The van der Waals surface area contributed by atoms with Crippen molar-refractivity contribution in [3.8, 4) is 0 Å². The van der Waals surface area contributed by atoms with Crippen LogP contribution in [0.1, 0.15) is 96.6 Å². The Kier molecular flexibility index (Phi) is 7.22. The molecule has 0 fully saturated rings. The molecule has 3 N–H and O–H groups in total. The Morgan fingerprint density at radius 2 is 1.18 bits per heavy atom. The topological polar surface area (TPSA) is 64.4 Å². The Balaban J connectivity index is 1.43. The fourth-order valence-corrected chi connectivity index (χ4v) is 9.57. The molecule has 7 aromatic rings. The zero-order chi connectivity index (χ0) is 30.7. The van der Waals surface area contributed by atoms with Crippen molar-refractivity contribution < 1.29 is 4.79 Å². The summed E-state index contributed by atoms with van der Waals surface area (Å²) < 4.78 is 2.56. The summed E-state index contributed by atoms with van der Waals surface area (Å²) in [6.07, 6.45) is 1.00. The van der Waals surface area contributed by atoms with Gasteiger partial charge < -0.3 is 15.0 Å². The van der Waals surface area contributed by atoms with Crippen molar-refractivity contribution >= 4 is 48.6 Å². The van der Waals surface area contributed by atoms with Crippen LogP contribution in [-0.2, 0) is 6.42 Å². The molecule has 4 nitrogen and oxygen atoms in total. The maximum atomic E-state index is 12.7. The van der Waals surface area contributed by atoms with Crippen molar-refractivity contribution in [2.45, 2.75) is 59.8 Å². The molecule has 0 aliphatic rings. The van der Waals surface area contributed by atoms with Crippen molar-refractivity contribution in [3.05, 3.63) is 139 Å². The molecule has 222 valence electrons. The molecule has 0 spiro atoms. The number of Topliss-reactive ketones (excluding diaryl/α,β-unsaturated/α-hetero) is 1. The average molecular weight is 616 g/mol. The number of hydrogen-bond donors (Lipinski definition) is 3. The lowest BCUT2D eigenvalue weighted by atomic mass is 9.94. The summed E-state index contributed by atoms with van der Waals surface area (Å²) in [5.74, 6) is 0.0788. The van der Waals surface area contributed by atoms with Crippen LogP contribution in [0.25, 0.3) is 20.2 Å². The SMILES string of the molecule is CCc1c(C)[nH]c(C(c2ccc(C(c3cc4ccccc4s3)c3[nH]c(C)c(C(C)=O)c3C)[nH]2)c2cc3ccccc3s2)c1C. The number of aromatic nitrogens is 3. The second-order valence-corrected chi connectivity index (χ2v) is 14.2. The number of benzene rings is 2. The Bertz CT molecular complexity index is 2100. The third kappa shape index (κ3) is 4.68. The summed E-state index contributed by atoms with van der Waals surface area (Å²) >= 11 is 3.69. The van der Waals surface area contributed by atoms with Crippen LogP contribution < -0.4 is 0 Å². The van der Waals surface area contributed by atoms with Gasteiger partial charge in [0.25, 0.3) is 0 Å². The van der Waals surface area contributed by atoms with Crippen LogP contribution in [0.15, 0.2) is 72.8 Å². The molecule has 5 aromatic heterocycles. The first kappa shape index (κ1) is 28.6. The van der Waals surface area contributed by atoms with E-state index in [9.17, 15) is 4.79 Å². The predicted molar refractivity (Wildman–Crippen MR) is 186 cm³/mol. The van der Waals surface area contributed by atoms with E-state index < -0.39 is 0 Å². The summed E-state index contributed by atoms with van der Waals surface area (Å²) in [6.45, 7) is 12.4. The molecule has 2 unspecified atom stereocenters. The number of hydrogen-bond acceptors (Lipinski definition) is 3. The van der Waals surface area contributed by atoms with E-state index >= 15 is 0 Å². The third-order valence-corrected chi connectivity index (χ3v) is 11.6. The van der Waals surface area contributed by atoms with Gasteiger partial charge in [0.05, 0.1) is 11.8 Å². The minimum atomic E-state index is -0.0614. The standard InChI is InChI=1S/C38H37N3OS2/c1-7-27-20(2)37(39-22(27)4)35(32-18-25-12-8-10-14-30(25)43-32)28-16-17-29(41-28)36(33-19-26-13-9-11-15-31(26)44-33)38-21(3)34(24(6)42)23(5)40-38/h8-19,35-36,39-41H,7H2,1-6H3. The number of aromatic amines is 3. The molecule has 0 saturated heterocycles. The fraction of sp³-hybridized carbons (Fsp3) is 0.237. The maximum Gasteiger partial charge on any atom is 0.161 e. The first-order valence-corrected chi connectivity index (χ1v) is 16.9. The molecule has 7 rings (SSSR count). The number of ketones is 1. The Morgan fingerprint density at radius 3 is 1.64 bits per heavy atom. The summed E-state index contributed by atoms with van der Waals surface area (Å²) in [5, 5.41) is 2.52. The van der Waals surface area contributed by atoms with E-state index in [0.29, 0.717) is 0 Å². The lowest BCUT2D eigenvalue weighted by Crippen LogP contribution is -2.08. The minimum absolute atomic E-state index is 0.0439. The van der Waals surface area contributed by atoms with Crippen molar-refractivity contribution in [3.63, 3.8) is 0 Å². The van der Waals surface area contributed by atoms with Crippen molar-refractivity contribution in [1.29, 1.82) is 0 Å². The minimum Gasteiger partial charge on any atom is -0.361 e. The number of nitrogens with one attached hydrogen (secondary N) is 3. The number of fused-ring (bicyclic) bond motifs is 2. The van der Waals surface area contributed by atoms with Gasteiger partial charge in [0.1, 0.15) is 0 Å². The summed E-state index contributed by atoms with van der Waals surface area (Å²) in [4.78, 5) is 26.6. The van der Waals surface area contributed by atoms with Gasteiger partial charge in [0.15, 0.2) is 5.78 Å². The maximum absolute atomic E-state index is 12.7. The van der Waals surface area contributed by atoms with Gasteiger partial charge in [-0.05, 0) is 105 Å². The number of aryl methyl sites for hydroxylation is 2. The normalized spacial score (nSPS) is 13.2. The number of carbonyl (C=O) groups excluding carboxylic acids is 1. The van der Waals surface area contributed by atoms with Crippen LogP contribution in [0.4, 0.5) is 0 Å². The zero-order valence-corrected chi connectivity index (χ0v) is 27.6.